The number of aromatic amines is 1. The molecule has 1 aliphatic heterocycles. The number of rotatable bonds is 7. The number of aryl methyl sites for hydroxylation is 1. The van der Waals surface area contributed by atoms with Gasteiger partial charge in [-0.25, -0.2) is 0 Å². The molecule has 1 saturated heterocycles. The fraction of sp³-hybridized carbons (Fsp3) is 0.448. The molecule has 9 heteroatoms. The van der Waals surface area contributed by atoms with E-state index < -0.39 is 12.2 Å². The molecular formula is C29H36N4O5. The van der Waals surface area contributed by atoms with Crippen molar-refractivity contribution in [2.45, 2.75) is 38.8 Å². The van der Waals surface area contributed by atoms with Crippen molar-refractivity contribution >= 4 is 34.2 Å². The van der Waals surface area contributed by atoms with Crippen LogP contribution in [0.1, 0.15) is 41.7 Å². The predicted octanol–water partition coefficient (Wildman–Crippen LogP) is 4.07. The number of aliphatic hydroxyl groups excluding tert-OH is 1. The van der Waals surface area contributed by atoms with Crippen LogP contribution in [-0.2, 0) is 4.79 Å². The number of para-hydroxylation sites is 1. The predicted molar refractivity (Wildman–Crippen MR) is 147 cm³/mol. The van der Waals surface area contributed by atoms with E-state index in [-0.39, 0.29) is 17.7 Å². The number of nitrogens with one attached hydrogen (secondary N) is 2. The summed E-state index contributed by atoms with van der Waals surface area (Å²) < 4.78 is 5.42. The van der Waals surface area contributed by atoms with Crippen molar-refractivity contribution < 1.29 is 24.5 Å². The molecule has 2 aromatic carbocycles. The average molecular weight is 521 g/mol. The lowest BCUT2D eigenvalue weighted by atomic mass is 9.81. The number of fused-ring (bicyclic) bond motifs is 1. The van der Waals surface area contributed by atoms with Gasteiger partial charge in [-0.1, -0.05) is 12.1 Å². The van der Waals surface area contributed by atoms with Crippen LogP contribution in [-0.4, -0.2) is 71.5 Å². The fourth-order valence-corrected chi connectivity index (χ4v) is 5.88. The molecule has 1 saturated carbocycles. The molecule has 4 N–H and O–H groups in total. The lowest BCUT2D eigenvalue weighted by Gasteiger charge is -2.42. The third-order valence-corrected chi connectivity index (χ3v) is 8.22. The molecule has 5 rings (SSSR count). The summed E-state index contributed by atoms with van der Waals surface area (Å²) in [5.41, 5.74) is 3.99. The number of carbonyl (C=O) groups excluding carboxylic acids is 1. The van der Waals surface area contributed by atoms with Crippen molar-refractivity contribution in [1.82, 2.24) is 9.88 Å². The zero-order valence-corrected chi connectivity index (χ0v) is 21.9. The summed E-state index contributed by atoms with van der Waals surface area (Å²) in [7, 11) is 1.61. The van der Waals surface area contributed by atoms with Crippen molar-refractivity contribution in [2.75, 3.05) is 43.5 Å². The van der Waals surface area contributed by atoms with Gasteiger partial charge < -0.3 is 30.2 Å². The van der Waals surface area contributed by atoms with Crippen LogP contribution in [0.3, 0.4) is 0 Å². The van der Waals surface area contributed by atoms with Crippen LogP contribution < -0.4 is 15.0 Å². The summed E-state index contributed by atoms with van der Waals surface area (Å²) in [6.45, 7) is 5.02. The molecule has 38 heavy (non-hydrogen) atoms. The van der Waals surface area contributed by atoms with Gasteiger partial charge in [0, 0.05) is 42.9 Å². The topological polar surface area (TPSA) is 118 Å². The second kappa shape index (κ2) is 11.0. The molecule has 0 bridgehead atoms. The van der Waals surface area contributed by atoms with Gasteiger partial charge in [0.15, 0.2) is 0 Å². The normalized spacial score (nSPS) is 21.3. The quantitative estimate of drug-likeness (QED) is 0.371. The van der Waals surface area contributed by atoms with Gasteiger partial charge in [0.05, 0.1) is 18.5 Å². The number of aliphatic hydroxyl groups is 1. The Labute approximate surface area is 222 Å². The summed E-state index contributed by atoms with van der Waals surface area (Å²) in [6.07, 6.45) is 2.30. The van der Waals surface area contributed by atoms with Crippen molar-refractivity contribution in [3.63, 3.8) is 0 Å². The van der Waals surface area contributed by atoms with Crippen LogP contribution >= 0.6 is 0 Å². The largest absolute Gasteiger partial charge is 0.495 e. The number of anilines is 2. The minimum atomic E-state index is -0.717. The van der Waals surface area contributed by atoms with Crippen molar-refractivity contribution in [3.8, 4) is 5.75 Å². The zero-order chi connectivity index (χ0) is 26.8. The number of hydrogen-bond acceptors (Lipinski definition) is 6. The second-order valence-corrected chi connectivity index (χ2v) is 10.4. The van der Waals surface area contributed by atoms with E-state index in [1.54, 1.807) is 7.11 Å². The maximum Gasteiger partial charge on any atom is 0.306 e. The van der Waals surface area contributed by atoms with Gasteiger partial charge in [0.25, 0.3) is 5.91 Å². The van der Waals surface area contributed by atoms with E-state index in [2.05, 4.69) is 20.1 Å². The Hall–Kier alpha value is -3.56. The molecule has 202 valence electrons. The van der Waals surface area contributed by atoms with Crippen molar-refractivity contribution in [2.24, 2.45) is 11.8 Å². The molecule has 9 nitrogen and oxygen atoms in total. The number of carboxylic acid groups (broad SMARTS) is 1. The first kappa shape index (κ1) is 26.1. The number of nitrogens with zero attached hydrogens (tertiary/aromatic N) is 2. The SMILES string of the molecule is COc1cccc2c(C)c(C(=O)Nc3ccc(N4CCN(C(O)C5CCC(C(=O)O)CC5)CC4)cc3)[nH]c12. The van der Waals surface area contributed by atoms with Gasteiger partial charge >= 0.3 is 5.97 Å². The second-order valence-electron chi connectivity index (χ2n) is 10.4. The number of piperazine rings is 1. The maximum atomic E-state index is 13.0. The molecule has 2 heterocycles. The summed E-state index contributed by atoms with van der Waals surface area (Å²) in [5.74, 6) is -0.341. The highest BCUT2D eigenvalue weighted by Crippen LogP contribution is 2.33. The Kier molecular flexibility index (Phi) is 7.58. The molecule has 2 aliphatic rings. The molecule has 2 fully saturated rings. The Bertz CT molecular complexity index is 1290. The highest BCUT2D eigenvalue weighted by molar-refractivity contribution is 6.08. The van der Waals surface area contributed by atoms with E-state index in [1.807, 2.05) is 49.4 Å². The lowest BCUT2D eigenvalue weighted by molar-refractivity contribution is -0.144. The van der Waals surface area contributed by atoms with Crippen LogP contribution in [0.2, 0.25) is 0 Å². The smallest absolute Gasteiger partial charge is 0.306 e. The first-order valence-corrected chi connectivity index (χ1v) is 13.3. The van der Waals surface area contributed by atoms with Crippen LogP contribution in [0, 0.1) is 18.8 Å². The Morgan fingerprint density at radius 1 is 1.03 bits per heavy atom. The van der Waals surface area contributed by atoms with E-state index in [0.717, 1.165) is 66.9 Å². The van der Waals surface area contributed by atoms with Gasteiger partial charge in [0.2, 0.25) is 0 Å². The van der Waals surface area contributed by atoms with Crippen LogP contribution in [0.4, 0.5) is 11.4 Å². The molecule has 1 amide bonds. The highest BCUT2D eigenvalue weighted by Gasteiger charge is 2.33. The molecule has 1 unspecified atom stereocenters. The van der Waals surface area contributed by atoms with E-state index in [4.69, 9.17) is 4.74 Å². The van der Waals surface area contributed by atoms with Gasteiger partial charge in [0.1, 0.15) is 17.7 Å². The first-order chi connectivity index (χ1) is 18.4. The van der Waals surface area contributed by atoms with E-state index in [0.29, 0.717) is 24.3 Å². The molecule has 3 aromatic rings. The Balaban J connectivity index is 1.16. The van der Waals surface area contributed by atoms with Crippen LogP contribution in [0.25, 0.3) is 10.9 Å². The number of aromatic nitrogens is 1. The Morgan fingerprint density at radius 2 is 1.71 bits per heavy atom. The summed E-state index contributed by atoms with van der Waals surface area (Å²) in [5, 5.41) is 24.1. The van der Waals surface area contributed by atoms with Crippen molar-refractivity contribution in [1.29, 1.82) is 0 Å². The number of methoxy groups -OCH3 is 1. The number of hydrogen-bond donors (Lipinski definition) is 4. The number of ether oxygens (including phenoxy) is 1. The standard InChI is InChI=1S/C29H36N4O5/c1-18-23-4-3-5-24(38-2)26(23)31-25(18)27(34)30-21-10-12-22(13-11-21)32-14-16-33(17-15-32)28(35)19-6-8-20(9-7-19)29(36)37/h3-5,10-13,19-20,28,31,35H,6-9,14-17H2,1-2H3,(H,30,34)(H,36,37). The van der Waals surface area contributed by atoms with Gasteiger partial charge in [-0.2, -0.15) is 0 Å². The average Bonchev–Trinajstić information content (AvgIpc) is 3.30. The molecule has 1 aromatic heterocycles. The third kappa shape index (κ3) is 5.21. The maximum absolute atomic E-state index is 13.0. The molecular weight excluding hydrogens is 484 g/mol. The van der Waals surface area contributed by atoms with Gasteiger partial charge in [-0.3, -0.25) is 14.5 Å². The van der Waals surface area contributed by atoms with E-state index in [9.17, 15) is 19.8 Å². The minimum absolute atomic E-state index is 0.141. The lowest BCUT2D eigenvalue weighted by Crippen LogP contribution is -2.53. The molecule has 1 aliphatic carbocycles. The van der Waals surface area contributed by atoms with Gasteiger partial charge in [-0.15, -0.1) is 0 Å². The minimum Gasteiger partial charge on any atom is -0.495 e. The number of carboxylic acids is 1. The number of H-pyrrole nitrogens is 1. The molecule has 0 radical (unpaired) electrons. The van der Waals surface area contributed by atoms with Gasteiger partial charge in [-0.05, 0) is 74.4 Å². The summed E-state index contributed by atoms with van der Waals surface area (Å²) in [6, 6.07) is 13.6. The van der Waals surface area contributed by atoms with E-state index in [1.165, 1.54) is 0 Å². The first-order valence-electron chi connectivity index (χ1n) is 13.3. The third-order valence-electron chi connectivity index (χ3n) is 8.22. The molecule has 0 spiro atoms. The van der Waals surface area contributed by atoms with Crippen LogP contribution in [0.15, 0.2) is 42.5 Å². The van der Waals surface area contributed by atoms with Crippen LogP contribution in [0.5, 0.6) is 5.75 Å². The molecule has 1 atom stereocenters. The highest BCUT2D eigenvalue weighted by atomic mass is 16.5. The van der Waals surface area contributed by atoms with Crippen molar-refractivity contribution in [3.05, 3.63) is 53.7 Å². The number of aliphatic carboxylic acids is 1. The number of carbonyl (C=O) groups is 2. The number of benzene rings is 2. The number of amides is 1. The summed E-state index contributed by atoms with van der Waals surface area (Å²) >= 11 is 0. The monoisotopic (exact) mass is 520 g/mol. The summed E-state index contributed by atoms with van der Waals surface area (Å²) in [4.78, 5) is 31.8. The Morgan fingerprint density at radius 3 is 2.34 bits per heavy atom. The fourth-order valence-electron chi connectivity index (χ4n) is 5.88. The van der Waals surface area contributed by atoms with E-state index >= 15 is 0 Å². The zero-order valence-electron chi connectivity index (χ0n) is 21.9.